The highest BCUT2D eigenvalue weighted by molar-refractivity contribution is 7.47. The Morgan fingerprint density at radius 1 is 0.675 bits per heavy atom. The molecule has 0 aliphatic heterocycles. The number of carbonyl (C=O) groups excluding carboxylic acids is 2. The molecule has 0 saturated heterocycles. The lowest BCUT2D eigenvalue weighted by Gasteiger charge is -2.20. The molecule has 0 aromatic carbocycles. The van der Waals surface area contributed by atoms with Crippen molar-refractivity contribution in [2.45, 2.75) is 142 Å². The van der Waals surface area contributed by atoms with Gasteiger partial charge in [0.1, 0.15) is 12.6 Å². The molecule has 0 aromatic rings. The van der Waals surface area contributed by atoms with Gasteiger partial charge in [0.05, 0.1) is 13.2 Å². The number of ether oxygens (including phenoxy) is 2. The smallest absolute Gasteiger partial charge is 0.472 e. The number of hydrogen-bond acceptors (Lipinski definition) is 9. The van der Waals surface area contributed by atoms with Crippen LogP contribution in [0.2, 0.25) is 0 Å². The third-order valence-electron chi connectivity index (χ3n) is 6.36. The Morgan fingerprint density at radius 3 is 1.57 bits per heavy atom. The van der Waals surface area contributed by atoms with Crippen LogP contribution in [0.1, 0.15) is 129 Å². The number of carboxylic acids is 1. The standard InChI is InChI=1S/C28H54NO10P/c1-3-5-7-9-11-12-13-14-16-17-19-26(30)36-21-24(39-27(31)20-18-15-10-8-6-4-2)22-37-40(34,35)38-23-25(29)28(32)33/h24-25H,3-23,29H2,1-2H3,(H,32,33)(H,34,35)/t24-,25+/m1/s1. The summed E-state index contributed by atoms with van der Waals surface area (Å²) in [5, 5.41) is 8.78. The van der Waals surface area contributed by atoms with Gasteiger partial charge in [-0.05, 0) is 12.8 Å². The van der Waals surface area contributed by atoms with Crippen LogP contribution in [0.5, 0.6) is 0 Å². The van der Waals surface area contributed by atoms with Crippen LogP contribution in [-0.4, -0.2) is 59.9 Å². The van der Waals surface area contributed by atoms with E-state index in [2.05, 4.69) is 18.4 Å². The largest absolute Gasteiger partial charge is 0.480 e. The van der Waals surface area contributed by atoms with Gasteiger partial charge in [-0.25, -0.2) is 4.57 Å². The summed E-state index contributed by atoms with van der Waals surface area (Å²) in [7, 11) is -4.68. The minimum absolute atomic E-state index is 0.163. The zero-order valence-corrected chi connectivity index (χ0v) is 25.6. The van der Waals surface area contributed by atoms with E-state index in [0.717, 1.165) is 51.4 Å². The predicted octanol–water partition coefficient (Wildman–Crippen LogP) is 6.05. The van der Waals surface area contributed by atoms with Crippen molar-refractivity contribution in [1.29, 1.82) is 0 Å². The maximum Gasteiger partial charge on any atom is 0.472 e. The molecular weight excluding hydrogens is 541 g/mol. The third kappa shape index (κ3) is 24.3. The molecule has 4 N–H and O–H groups in total. The number of carbonyl (C=O) groups is 3. The van der Waals surface area contributed by atoms with E-state index >= 15 is 0 Å². The van der Waals surface area contributed by atoms with Crippen LogP contribution in [0.15, 0.2) is 0 Å². The molecule has 0 aliphatic carbocycles. The summed E-state index contributed by atoms with van der Waals surface area (Å²) >= 11 is 0. The van der Waals surface area contributed by atoms with E-state index in [0.29, 0.717) is 12.8 Å². The fourth-order valence-corrected chi connectivity index (χ4v) is 4.66. The first-order chi connectivity index (χ1) is 19.1. The van der Waals surface area contributed by atoms with Crippen LogP contribution < -0.4 is 5.73 Å². The van der Waals surface area contributed by atoms with Gasteiger partial charge < -0.3 is 25.2 Å². The Balaban J connectivity index is 4.51. The van der Waals surface area contributed by atoms with Crippen molar-refractivity contribution >= 4 is 25.7 Å². The van der Waals surface area contributed by atoms with Crippen molar-refractivity contribution in [3.8, 4) is 0 Å². The van der Waals surface area contributed by atoms with Gasteiger partial charge >= 0.3 is 25.7 Å². The van der Waals surface area contributed by atoms with Crippen LogP contribution in [-0.2, 0) is 37.5 Å². The SMILES string of the molecule is CCCCCCCCCCCCC(=O)OC[C@H](COP(=O)(O)OC[C@H](N)C(=O)O)OC(=O)CCCCCCCC. The van der Waals surface area contributed by atoms with E-state index in [4.69, 9.17) is 24.8 Å². The van der Waals surface area contributed by atoms with Gasteiger partial charge in [0.25, 0.3) is 0 Å². The van der Waals surface area contributed by atoms with Crippen molar-refractivity contribution in [3.63, 3.8) is 0 Å². The Kier molecular flexibility index (Phi) is 24.3. The molecule has 0 rings (SSSR count). The molecule has 0 saturated carbocycles. The second-order valence-electron chi connectivity index (χ2n) is 10.2. The molecule has 0 radical (unpaired) electrons. The van der Waals surface area contributed by atoms with Crippen LogP contribution in [0.3, 0.4) is 0 Å². The monoisotopic (exact) mass is 595 g/mol. The number of phosphoric acid groups is 1. The predicted molar refractivity (Wildman–Crippen MR) is 153 cm³/mol. The number of unbranched alkanes of at least 4 members (excludes halogenated alkanes) is 14. The number of hydrogen-bond donors (Lipinski definition) is 3. The molecule has 0 bridgehead atoms. The van der Waals surface area contributed by atoms with Crippen molar-refractivity contribution in [2.24, 2.45) is 5.73 Å². The number of phosphoric ester groups is 1. The lowest BCUT2D eigenvalue weighted by molar-refractivity contribution is -0.161. The van der Waals surface area contributed by atoms with Crippen LogP contribution in [0, 0.1) is 0 Å². The van der Waals surface area contributed by atoms with Gasteiger partial charge in [-0.2, -0.15) is 0 Å². The van der Waals surface area contributed by atoms with E-state index in [-0.39, 0.29) is 19.4 Å². The topological polar surface area (TPSA) is 172 Å². The van der Waals surface area contributed by atoms with E-state index in [1.807, 2.05) is 0 Å². The molecule has 0 aliphatic rings. The van der Waals surface area contributed by atoms with Crippen LogP contribution in [0.25, 0.3) is 0 Å². The quantitative estimate of drug-likeness (QED) is 0.0546. The number of aliphatic carboxylic acids is 1. The van der Waals surface area contributed by atoms with Gasteiger partial charge in [-0.15, -0.1) is 0 Å². The first-order valence-electron chi connectivity index (χ1n) is 15.1. The lowest BCUT2D eigenvalue weighted by atomic mass is 10.1. The molecule has 236 valence electrons. The van der Waals surface area contributed by atoms with Crippen LogP contribution in [0.4, 0.5) is 0 Å². The summed E-state index contributed by atoms with van der Waals surface area (Å²) in [6.45, 7) is 2.66. The minimum atomic E-state index is -4.68. The highest BCUT2D eigenvalue weighted by Gasteiger charge is 2.28. The second kappa shape index (κ2) is 25.2. The molecule has 3 atom stereocenters. The van der Waals surface area contributed by atoms with Crippen molar-refractivity contribution in [3.05, 3.63) is 0 Å². The van der Waals surface area contributed by atoms with E-state index < -0.39 is 51.1 Å². The Morgan fingerprint density at radius 2 is 1.10 bits per heavy atom. The lowest BCUT2D eigenvalue weighted by Crippen LogP contribution is -2.34. The summed E-state index contributed by atoms with van der Waals surface area (Å²) in [6.07, 6.45) is 16.6. The molecule has 11 nitrogen and oxygen atoms in total. The first-order valence-corrected chi connectivity index (χ1v) is 16.6. The first kappa shape index (κ1) is 38.5. The third-order valence-corrected chi connectivity index (χ3v) is 7.31. The van der Waals surface area contributed by atoms with Gasteiger partial charge in [-0.3, -0.25) is 23.4 Å². The number of carboxylic acid groups (broad SMARTS) is 1. The van der Waals surface area contributed by atoms with Gasteiger partial charge in [0.15, 0.2) is 6.10 Å². The zero-order chi connectivity index (χ0) is 30.1. The minimum Gasteiger partial charge on any atom is -0.480 e. The average Bonchev–Trinajstić information content (AvgIpc) is 2.91. The van der Waals surface area contributed by atoms with Gasteiger partial charge in [0, 0.05) is 12.8 Å². The molecule has 1 unspecified atom stereocenters. The fraction of sp³-hybridized carbons (Fsp3) is 0.893. The highest BCUT2D eigenvalue weighted by atomic mass is 31.2. The molecule has 12 heteroatoms. The normalized spacial score (nSPS) is 14.3. The number of esters is 2. The summed E-state index contributed by atoms with van der Waals surface area (Å²) in [6, 6.07) is -1.51. The Labute approximate surface area is 240 Å². The zero-order valence-electron chi connectivity index (χ0n) is 24.7. The molecule has 0 heterocycles. The number of nitrogens with two attached hydrogens (primary N) is 1. The van der Waals surface area contributed by atoms with Gasteiger partial charge in [0.2, 0.25) is 0 Å². The summed E-state index contributed by atoms with van der Waals surface area (Å²) < 4.78 is 32.1. The van der Waals surface area contributed by atoms with Crippen molar-refractivity contribution < 1.29 is 47.5 Å². The molecule has 0 spiro atoms. The Hall–Kier alpha value is -1.52. The molecule has 40 heavy (non-hydrogen) atoms. The van der Waals surface area contributed by atoms with Crippen molar-refractivity contribution in [1.82, 2.24) is 0 Å². The van der Waals surface area contributed by atoms with E-state index in [1.165, 1.54) is 38.5 Å². The van der Waals surface area contributed by atoms with E-state index in [9.17, 15) is 23.8 Å². The molecule has 0 aromatic heterocycles. The summed E-state index contributed by atoms with van der Waals surface area (Å²) in [5.74, 6) is -2.39. The summed E-state index contributed by atoms with van der Waals surface area (Å²) in [4.78, 5) is 45.1. The summed E-state index contributed by atoms with van der Waals surface area (Å²) in [5.41, 5.74) is 5.27. The fourth-order valence-electron chi connectivity index (χ4n) is 3.89. The van der Waals surface area contributed by atoms with Gasteiger partial charge in [-0.1, -0.05) is 104 Å². The molecule has 0 fully saturated rings. The highest BCUT2D eigenvalue weighted by Crippen LogP contribution is 2.43. The molecule has 0 amide bonds. The van der Waals surface area contributed by atoms with E-state index in [1.54, 1.807) is 0 Å². The van der Waals surface area contributed by atoms with Crippen LogP contribution >= 0.6 is 7.82 Å². The maximum atomic E-state index is 12.3. The number of rotatable bonds is 28. The second-order valence-corrected chi connectivity index (χ2v) is 11.7. The molecular formula is C28H54NO10P. The average molecular weight is 596 g/mol. The Bertz CT molecular complexity index is 721. The van der Waals surface area contributed by atoms with Crippen molar-refractivity contribution in [2.75, 3.05) is 19.8 Å². The maximum absolute atomic E-state index is 12.3.